The van der Waals surface area contributed by atoms with Crippen LogP contribution >= 0.6 is 0 Å². The number of ether oxygens (including phenoxy) is 1. The van der Waals surface area contributed by atoms with Gasteiger partial charge in [0.05, 0.1) is 23.6 Å². The third-order valence-electron chi connectivity index (χ3n) is 2.64. The van der Waals surface area contributed by atoms with Gasteiger partial charge >= 0.3 is 5.97 Å². The van der Waals surface area contributed by atoms with Crippen molar-refractivity contribution in [2.24, 2.45) is 0 Å². The molecule has 0 radical (unpaired) electrons. The summed E-state index contributed by atoms with van der Waals surface area (Å²) in [5, 5.41) is 0.823. The number of hydrogen-bond donors (Lipinski definition) is 0. The van der Waals surface area contributed by atoms with Crippen molar-refractivity contribution in [1.82, 2.24) is 4.73 Å². The van der Waals surface area contributed by atoms with Crippen molar-refractivity contribution in [2.75, 3.05) is 13.4 Å². The molecule has 0 N–H and O–H groups in total. The van der Waals surface area contributed by atoms with Gasteiger partial charge in [0.1, 0.15) is 6.26 Å². The van der Waals surface area contributed by atoms with Gasteiger partial charge in [-0.25, -0.2) is 13.2 Å². The van der Waals surface area contributed by atoms with Crippen LogP contribution in [0.2, 0.25) is 0 Å². The first-order chi connectivity index (χ1) is 9.41. The Balaban J connectivity index is 2.35. The Morgan fingerprint density at radius 1 is 1.30 bits per heavy atom. The molecule has 0 atom stereocenters. The molecule has 1 aromatic heterocycles. The fourth-order valence-electron chi connectivity index (χ4n) is 1.63. The van der Waals surface area contributed by atoms with Crippen molar-refractivity contribution < 1.29 is 22.8 Å². The zero-order valence-corrected chi connectivity index (χ0v) is 11.8. The summed E-state index contributed by atoms with van der Waals surface area (Å²) in [5.74, 6) is -0.543. The van der Waals surface area contributed by atoms with E-state index in [1.807, 2.05) is 0 Å². The number of esters is 1. The number of methoxy groups -OCH3 is 1. The molecule has 0 aliphatic rings. The molecule has 0 saturated carbocycles. The number of rotatable bonds is 4. The van der Waals surface area contributed by atoms with Gasteiger partial charge in [-0.1, -0.05) is 6.07 Å². The van der Waals surface area contributed by atoms with Gasteiger partial charge in [0.15, 0.2) is 9.84 Å². The first kappa shape index (κ1) is 14.1. The molecule has 7 heteroatoms. The predicted molar refractivity (Wildman–Crippen MR) is 72.8 cm³/mol. The van der Waals surface area contributed by atoms with Crippen LogP contribution in [0.3, 0.4) is 0 Å². The molecule has 106 valence electrons. The minimum atomic E-state index is -3.29. The Hall–Kier alpha value is -2.28. The summed E-state index contributed by atoms with van der Waals surface area (Å²) in [6.07, 6.45) is 5.04. The second-order valence-corrected chi connectivity index (χ2v) is 6.08. The molecule has 0 saturated heterocycles. The molecule has 0 aliphatic heterocycles. The van der Waals surface area contributed by atoms with Crippen LogP contribution < -0.4 is 4.84 Å². The van der Waals surface area contributed by atoms with Gasteiger partial charge in [-0.2, -0.15) is 4.73 Å². The highest BCUT2D eigenvalue weighted by Crippen LogP contribution is 2.19. The highest BCUT2D eigenvalue weighted by Gasteiger charge is 2.10. The molecule has 2 rings (SSSR count). The molecule has 20 heavy (non-hydrogen) atoms. The fourth-order valence-corrected chi connectivity index (χ4v) is 2.27. The van der Waals surface area contributed by atoms with E-state index in [4.69, 9.17) is 4.84 Å². The largest absolute Gasteiger partial charge is 0.466 e. The maximum Gasteiger partial charge on any atom is 0.333 e. The first-order valence-corrected chi connectivity index (χ1v) is 7.54. The van der Waals surface area contributed by atoms with Crippen LogP contribution in [0.15, 0.2) is 47.7 Å². The molecule has 0 bridgehead atoms. The zero-order chi connectivity index (χ0) is 14.8. The number of aromatic nitrogens is 1. The smallest absolute Gasteiger partial charge is 0.333 e. The Labute approximate surface area is 116 Å². The molecular weight excluding hydrogens is 282 g/mol. The van der Waals surface area contributed by atoms with E-state index in [1.54, 1.807) is 18.3 Å². The summed E-state index contributed by atoms with van der Waals surface area (Å²) in [6, 6.07) is 6.51. The van der Waals surface area contributed by atoms with Crippen LogP contribution in [0.4, 0.5) is 0 Å². The SMILES string of the molecule is COC(=O)/C=C/On1ccc2ccc(S(C)(=O)=O)cc21. The van der Waals surface area contributed by atoms with E-state index in [-0.39, 0.29) is 4.90 Å². The van der Waals surface area contributed by atoms with E-state index in [0.29, 0.717) is 5.52 Å². The van der Waals surface area contributed by atoms with E-state index in [1.165, 1.54) is 30.2 Å². The number of sulfone groups is 1. The number of fused-ring (bicyclic) bond motifs is 1. The van der Waals surface area contributed by atoms with Crippen molar-refractivity contribution in [2.45, 2.75) is 4.90 Å². The van der Waals surface area contributed by atoms with Crippen LogP contribution in [0.5, 0.6) is 0 Å². The molecule has 0 spiro atoms. The van der Waals surface area contributed by atoms with Crippen LogP contribution in [-0.2, 0) is 19.4 Å². The minimum Gasteiger partial charge on any atom is -0.466 e. The first-order valence-electron chi connectivity index (χ1n) is 5.64. The Kier molecular flexibility index (Phi) is 3.80. The summed E-state index contributed by atoms with van der Waals surface area (Å²) in [6.45, 7) is 0. The number of nitrogens with zero attached hydrogens (tertiary/aromatic N) is 1. The monoisotopic (exact) mass is 295 g/mol. The Morgan fingerprint density at radius 2 is 2.05 bits per heavy atom. The van der Waals surface area contributed by atoms with E-state index in [9.17, 15) is 13.2 Å². The van der Waals surface area contributed by atoms with Gasteiger partial charge in [-0.3, -0.25) is 0 Å². The quantitative estimate of drug-likeness (QED) is 0.481. The molecule has 6 nitrogen and oxygen atoms in total. The molecule has 1 heterocycles. The molecule has 1 aromatic carbocycles. The normalized spacial score (nSPS) is 11.9. The lowest BCUT2D eigenvalue weighted by Crippen LogP contribution is -2.05. The molecule has 0 aliphatic carbocycles. The standard InChI is InChI=1S/C13H13NO5S/c1-18-13(15)6-8-19-14-7-5-10-3-4-11(9-12(10)14)20(2,16)17/h3-9H,1-2H3/b8-6+. The predicted octanol–water partition coefficient (Wildman–Crippen LogP) is 1.16. The number of hydrogen-bond acceptors (Lipinski definition) is 5. The van der Waals surface area contributed by atoms with Crippen molar-refractivity contribution in [3.63, 3.8) is 0 Å². The third-order valence-corrected chi connectivity index (χ3v) is 3.75. The topological polar surface area (TPSA) is 74.6 Å². The maximum atomic E-state index is 11.5. The zero-order valence-electron chi connectivity index (χ0n) is 10.9. The summed E-state index contributed by atoms with van der Waals surface area (Å²) in [4.78, 5) is 16.4. The third kappa shape index (κ3) is 3.00. The highest BCUT2D eigenvalue weighted by molar-refractivity contribution is 7.90. The van der Waals surface area contributed by atoms with Crippen molar-refractivity contribution >= 4 is 26.7 Å². The second kappa shape index (κ2) is 5.38. The van der Waals surface area contributed by atoms with Gasteiger partial charge < -0.3 is 9.57 Å². The Morgan fingerprint density at radius 3 is 2.70 bits per heavy atom. The van der Waals surface area contributed by atoms with E-state index < -0.39 is 15.8 Å². The lowest BCUT2D eigenvalue weighted by Gasteiger charge is -2.04. The van der Waals surface area contributed by atoms with Crippen LogP contribution in [-0.4, -0.2) is 32.5 Å². The molecule has 0 unspecified atom stereocenters. The fraction of sp³-hybridized carbons (Fsp3) is 0.154. The summed E-state index contributed by atoms with van der Waals surface area (Å²) < 4.78 is 28.8. The van der Waals surface area contributed by atoms with E-state index >= 15 is 0 Å². The summed E-state index contributed by atoms with van der Waals surface area (Å²) in [7, 11) is -2.03. The molecular formula is C13H13NO5S. The van der Waals surface area contributed by atoms with Crippen molar-refractivity contribution in [1.29, 1.82) is 0 Å². The van der Waals surface area contributed by atoms with Crippen molar-refractivity contribution in [3.05, 3.63) is 42.8 Å². The van der Waals surface area contributed by atoms with Gasteiger partial charge in [-0.15, -0.1) is 0 Å². The molecule has 2 aromatic rings. The van der Waals surface area contributed by atoms with Crippen LogP contribution in [0, 0.1) is 0 Å². The number of carbonyl (C=O) groups is 1. The lowest BCUT2D eigenvalue weighted by molar-refractivity contribution is -0.135. The highest BCUT2D eigenvalue weighted by atomic mass is 32.2. The number of benzene rings is 1. The average molecular weight is 295 g/mol. The average Bonchev–Trinajstić information content (AvgIpc) is 2.80. The van der Waals surface area contributed by atoms with Gasteiger partial charge in [0.2, 0.25) is 0 Å². The van der Waals surface area contributed by atoms with Gasteiger partial charge in [-0.05, 0) is 18.2 Å². The summed E-state index contributed by atoms with van der Waals surface area (Å²) >= 11 is 0. The van der Waals surface area contributed by atoms with Gasteiger partial charge in [0, 0.05) is 17.8 Å². The lowest BCUT2D eigenvalue weighted by atomic mass is 10.2. The van der Waals surface area contributed by atoms with Crippen LogP contribution in [0.25, 0.3) is 10.9 Å². The van der Waals surface area contributed by atoms with Crippen LogP contribution in [0.1, 0.15) is 0 Å². The maximum absolute atomic E-state index is 11.5. The van der Waals surface area contributed by atoms with Crippen molar-refractivity contribution in [3.8, 4) is 0 Å². The minimum absolute atomic E-state index is 0.200. The molecule has 0 fully saturated rings. The van der Waals surface area contributed by atoms with E-state index in [0.717, 1.165) is 17.7 Å². The summed E-state index contributed by atoms with van der Waals surface area (Å²) in [5.41, 5.74) is 0.586. The van der Waals surface area contributed by atoms with E-state index in [2.05, 4.69) is 4.74 Å². The second-order valence-electron chi connectivity index (χ2n) is 4.07. The molecule has 0 amide bonds. The Bertz CT molecular complexity index is 773. The van der Waals surface area contributed by atoms with Gasteiger partial charge in [0.25, 0.3) is 0 Å². The number of carbonyl (C=O) groups excluding carboxylic acids is 1.